The average Bonchev–Trinajstić information content (AvgIpc) is 2.50. The van der Waals surface area contributed by atoms with E-state index in [-0.39, 0.29) is 11.5 Å². The predicted octanol–water partition coefficient (Wildman–Crippen LogP) is 0.965. The number of carbonyl (C=O) groups is 1. The summed E-state index contributed by atoms with van der Waals surface area (Å²) in [5.74, 6) is -0.990. The highest BCUT2D eigenvalue weighted by atomic mass is 35.5. The number of nitrogens with two attached hydrogens (primary N) is 1. The number of nitrogens with one attached hydrogen (secondary N) is 1. The van der Waals surface area contributed by atoms with Gasteiger partial charge in [0, 0.05) is 10.6 Å². The normalized spacial score (nSPS) is 20.0. The second-order valence-electron chi connectivity index (χ2n) is 3.07. The summed E-state index contributed by atoms with van der Waals surface area (Å²) < 4.78 is 13.4. The van der Waals surface area contributed by atoms with Crippen molar-refractivity contribution >= 4 is 23.5 Å². The first-order valence-electron chi connectivity index (χ1n) is 4.17. The monoisotopic (exact) mass is 227 g/mol. The Hall–Kier alpha value is -1.62. The molecule has 1 amide bonds. The molecule has 0 aliphatic carbocycles. The molecular weight excluding hydrogens is 221 g/mol. The van der Waals surface area contributed by atoms with Gasteiger partial charge in [-0.05, 0) is 18.2 Å². The molecule has 0 aromatic heterocycles. The van der Waals surface area contributed by atoms with Crippen molar-refractivity contribution < 1.29 is 9.18 Å². The SMILES string of the molecule is NC1=NC(c2cc(Cl)ccc2F)C(=O)N1. The lowest BCUT2D eigenvalue weighted by molar-refractivity contribution is -0.120. The van der Waals surface area contributed by atoms with Crippen molar-refractivity contribution in [1.29, 1.82) is 0 Å². The zero-order valence-corrected chi connectivity index (χ0v) is 8.25. The highest BCUT2D eigenvalue weighted by Gasteiger charge is 2.28. The molecule has 0 spiro atoms. The van der Waals surface area contributed by atoms with Gasteiger partial charge in [-0.3, -0.25) is 10.1 Å². The van der Waals surface area contributed by atoms with Crippen molar-refractivity contribution in [3.05, 3.63) is 34.6 Å². The van der Waals surface area contributed by atoms with Crippen molar-refractivity contribution in [2.45, 2.75) is 6.04 Å². The zero-order chi connectivity index (χ0) is 11.0. The Labute approximate surface area is 89.9 Å². The number of guanidine groups is 1. The van der Waals surface area contributed by atoms with E-state index < -0.39 is 17.8 Å². The molecule has 2 rings (SSSR count). The Bertz CT molecular complexity index is 461. The second kappa shape index (κ2) is 3.51. The summed E-state index contributed by atoms with van der Waals surface area (Å²) in [6.07, 6.45) is 0. The number of carbonyl (C=O) groups excluding carboxylic acids is 1. The Morgan fingerprint density at radius 3 is 2.87 bits per heavy atom. The van der Waals surface area contributed by atoms with Gasteiger partial charge in [0.15, 0.2) is 12.0 Å². The number of nitrogens with zero attached hydrogens (tertiary/aromatic N) is 1. The fourth-order valence-electron chi connectivity index (χ4n) is 1.36. The Morgan fingerprint density at radius 2 is 2.27 bits per heavy atom. The molecule has 15 heavy (non-hydrogen) atoms. The summed E-state index contributed by atoms with van der Waals surface area (Å²) in [6.45, 7) is 0. The van der Waals surface area contributed by atoms with Gasteiger partial charge in [-0.1, -0.05) is 11.6 Å². The van der Waals surface area contributed by atoms with Crippen LogP contribution in [0, 0.1) is 5.82 Å². The summed E-state index contributed by atoms with van der Waals surface area (Å²) in [5.41, 5.74) is 5.43. The number of hydrogen-bond donors (Lipinski definition) is 2. The molecule has 0 saturated carbocycles. The first-order valence-corrected chi connectivity index (χ1v) is 4.55. The van der Waals surface area contributed by atoms with Crippen LogP contribution in [0.4, 0.5) is 4.39 Å². The third-order valence-electron chi connectivity index (χ3n) is 2.02. The standard InChI is InChI=1S/C9H7ClFN3O/c10-4-1-2-6(11)5(3-4)7-8(15)14-9(12)13-7/h1-3,7H,(H3,12,13,14,15). The molecule has 4 nitrogen and oxygen atoms in total. The average molecular weight is 228 g/mol. The van der Waals surface area contributed by atoms with E-state index in [9.17, 15) is 9.18 Å². The van der Waals surface area contributed by atoms with E-state index >= 15 is 0 Å². The van der Waals surface area contributed by atoms with Crippen molar-refractivity contribution in [2.75, 3.05) is 0 Å². The molecule has 3 N–H and O–H groups in total. The van der Waals surface area contributed by atoms with Crippen molar-refractivity contribution in [3.8, 4) is 0 Å². The van der Waals surface area contributed by atoms with E-state index in [1.54, 1.807) is 0 Å². The van der Waals surface area contributed by atoms with Crippen LogP contribution < -0.4 is 11.1 Å². The topological polar surface area (TPSA) is 67.5 Å². The fraction of sp³-hybridized carbons (Fsp3) is 0.111. The van der Waals surface area contributed by atoms with E-state index in [2.05, 4.69) is 10.3 Å². The molecule has 1 atom stereocenters. The maximum atomic E-state index is 13.4. The van der Waals surface area contributed by atoms with Crippen LogP contribution in [0.1, 0.15) is 11.6 Å². The van der Waals surface area contributed by atoms with Crippen LogP contribution in [0.3, 0.4) is 0 Å². The summed E-state index contributed by atoms with van der Waals surface area (Å²) in [5, 5.41) is 2.64. The van der Waals surface area contributed by atoms with E-state index in [0.717, 1.165) is 0 Å². The van der Waals surface area contributed by atoms with Gasteiger partial charge < -0.3 is 5.73 Å². The molecule has 1 heterocycles. The van der Waals surface area contributed by atoms with Gasteiger partial charge in [-0.2, -0.15) is 0 Å². The van der Waals surface area contributed by atoms with Crippen LogP contribution in [-0.2, 0) is 4.79 Å². The number of benzene rings is 1. The van der Waals surface area contributed by atoms with E-state index in [0.29, 0.717) is 5.02 Å². The fourth-order valence-corrected chi connectivity index (χ4v) is 1.54. The first-order chi connectivity index (χ1) is 7.08. The summed E-state index contributed by atoms with van der Waals surface area (Å²) in [4.78, 5) is 15.1. The Balaban J connectivity index is 2.45. The number of halogens is 2. The lowest BCUT2D eigenvalue weighted by atomic mass is 10.1. The summed E-state index contributed by atoms with van der Waals surface area (Å²) in [7, 11) is 0. The third-order valence-corrected chi connectivity index (χ3v) is 2.26. The smallest absolute Gasteiger partial charge is 0.256 e. The van der Waals surface area contributed by atoms with Crippen LogP contribution in [0.5, 0.6) is 0 Å². The van der Waals surface area contributed by atoms with Crippen molar-refractivity contribution in [1.82, 2.24) is 5.32 Å². The predicted molar refractivity (Wildman–Crippen MR) is 53.9 cm³/mol. The van der Waals surface area contributed by atoms with Gasteiger partial charge >= 0.3 is 0 Å². The van der Waals surface area contributed by atoms with Gasteiger partial charge in [0.2, 0.25) is 0 Å². The largest absolute Gasteiger partial charge is 0.370 e. The lowest BCUT2D eigenvalue weighted by Crippen LogP contribution is -2.31. The second-order valence-corrected chi connectivity index (χ2v) is 3.51. The molecule has 1 aromatic rings. The van der Waals surface area contributed by atoms with Crippen molar-refractivity contribution in [2.24, 2.45) is 10.7 Å². The van der Waals surface area contributed by atoms with Gasteiger partial charge in [-0.25, -0.2) is 9.38 Å². The van der Waals surface area contributed by atoms with Gasteiger partial charge in [-0.15, -0.1) is 0 Å². The van der Waals surface area contributed by atoms with Crippen molar-refractivity contribution in [3.63, 3.8) is 0 Å². The molecule has 6 heteroatoms. The minimum absolute atomic E-state index is 0.00984. The zero-order valence-electron chi connectivity index (χ0n) is 7.50. The highest BCUT2D eigenvalue weighted by molar-refractivity contribution is 6.30. The number of amides is 1. The van der Waals surface area contributed by atoms with Crippen LogP contribution >= 0.6 is 11.6 Å². The quantitative estimate of drug-likeness (QED) is 0.751. The Morgan fingerprint density at radius 1 is 1.53 bits per heavy atom. The minimum atomic E-state index is -0.941. The molecule has 0 bridgehead atoms. The van der Waals surface area contributed by atoms with E-state index in [4.69, 9.17) is 17.3 Å². The third kappa shape index (κ3) is 1.78. The highest BCUT2D eigenvalue weighted by Crippen LogP contribution is 2.26. The number of hydrogen-bond acceptors (Lipinski definition) is 3. The van der Waals surface area contributed by atoms with E-state index in [1.165, 1.54) is 18.2 Å². The van der Waals surface area contributed by atoms with Crippen LogP contribution in [0.2, 0.25) is 5.02 Å². The maximum absolute atomic E-state index is 13.4. The molecule has 0 saturated heterocycles. The van der Waals surface area contributed by atoms with E-state index in [1.807, 2.05) is 0 Å². The molecule has 1 unspecified atom stereocenters. The van der Waals surface area contributed by atoms with Gasteiger partial charge in [0.05, 0.1) is 0 Å². The molecular formula is C9H7ClFN3O. The molecule has 78 valence electrons. The minimum Gasteiger partial charge on any atom is -0.370 e. The van der Waals surface area contributed by atoms with Gasteiger partial charge in [0.25, 0.3) is 5.91 Å². The Kier molecular flexibility index (Phi) is 2.32. The lowest BCUT2D eigenvalue weighted by Gasteiger charge is -2.06. The molecule has 1 aliphatic heterocycles. The maximum Gasteiger partial charge on any atom is 0.256 e. The first kappa shape index (κ1) is 9.92. The summed E-state index contributed by atoms with van der Waals surface area (Å²) >= 11 is 5.70. The molecule has 0 radical (unpaired) electrons. The molecule has 1 aromatic carbocycles. The number of aliphatic imine (C=N–C) groups is 1. The van der Waals surface area contributed by atoms with Crippen LogP contribution in [-0.4, -0.2) is 11.9 Å². The number of rotatable bonds is 1. The molecule has 1 aliphatic rings. The van der Waals surface area contributed by atoms with Gasteiger partial charge in [0.1, 0.15) is 5.82 Å². The molecule has 0 fully saturated rings. The van der Waals surface area contributed by atoms with Crippen LogP contribution in [0.15, 0.2) is 23.2 Å². The van der Waals surface area contributed by atoms with Crippen LogP contribution in [0.25, 0.3) is 0 Å². The summed E-state index contributed by atoms with van der Waals surface area (Å²) in [6, 6.07) is 3.02.